The standard InChI is InChI=1S/C22H21N5O2S/c1-30-17-8-6-15(7-9-17)24-22(28)26-12-10-16(14-26)27-20-18(4-2-11-23-20)25-21(27)19-5-3-13-29-19/h2-9,11,13,16H,10,12,14H2,1H3,(H,24,28). The Hall–Kier alpha value is -3.26. The number of nitrogens with zero attached hydrogens (tertiary/aromatic N) is 4. The van der Waals surface area contributed by atoms with Crippen LogP contribution >= 0.6 is 11.8 Å². The molecule has 0 spiro atoms. The summed E-state index contributed by atoms with van der Waals surface area (Å²) >= 11 is 1.68. The van der Waals surface area contributed by atoms with Crippen molar-refractivity contribution in [3.8, 4) is 11.6 Å². The van der Waals surface area contributed by atoms with Gasteiger partial charge in [0, 0.05) is 29.9 Å². The van der Waals surface area contributed by atoms with Crippen molar-refractivity contribution in [1.29, 1.82) is 0 Å². The molecule has 7 nitrogen and oxygen atoms in total. The molecule has 152 valence electrons. The van der Waals surface area contributed by atoms with Gasteiger partial charge < -0.3 is 19.2 Å². The Kier molecular flexibility index (Phi) is 4.92. The second-order valence-corrected chi connectivity index (χ2v) is 8.06. The zero-order chi connectivity index (χ0) is 20.5. The quantitative estimate of drug-likeness (QED) is 0.477. The summed E-state index contributed by atoms with van der Waals surface area (Å²) in [5, 5.41) is 3.00. The minimum Gasteiger partial charge on any atom is -0.461 e. The van der Waals surface area contributed by atoms with E-state index in [0.717, 1.165) is 29.1 Å². The number of aromatic nitrogens is 3. The number of carbonyl (C=O) groups excluding carboxylic acids is 1. The number of rotatable bonds is 4. The van der Waals surface area contributed by atoms with Crippen molar-refractivity contribution < 1.29 is 9.21 Å². The van der Waals surface area contributed by atoms with Crippen LogP contribution in [0.15, 0.2) is 70.3 Å². The van der Waals surface area contributed by atoms with E-state index < -0.39 is 0 Å². The number of fused-ring (bicyclic) bond motifs is 1. The third-order valence-electron chi connectivity index (χ3n) is 5.35. The number of amides is 2. The highest BCUT2D eigenvalue weighted by molar-refractivity contribution is 7.98. The zero-order valence-corrected chi connectivity index (χ0v) is 17.3. The molecular formula is C22H21N5O2S. The summed E-state index contributed by atoms with van der Waals surface area (Å²) in [7, 11) is 0. The van der Waals surface area contributed by atoms with E-state index in [9.17, 15) is 4.79 Å². The summed E-state index contributed by atoms with van der Waals surface area (Å²) in [4.78, 5) is 25.1. The summed E-state index contributed by atoms with van der Waals surface area (Å²) in [6, 6.07) is 15.4. The predicted molar refractivity (Wildman–Crippen MR) is 118 cm³/mol. The molecule has 5 rings (SSSR count). The number of imidazole rings is 1. The zero-order valence-electron chi connectivity index (χ0n) is 16.5. The molecule has 0 saturated carbocycles. The molecule has 1 aliphatic heterocycles. The highest BCUT2D eigenvalue weighted by atomic mass is 32.2. The predicted octanol–water partition coefficient (Wildman–Crippen LogP) is 4.89. The molecule has 1 aromatic carbocycles. The van der Waals surface area contributed by atoms with Crippen LogP contribution in [0.3, 0.4) is 0 Å². The summed E-state index contributed by atoms with van der Waals surface area (Å²) in [5.41, 5.74) is 2.43. The van der Waals surface area contributed by atoms with E-state index in [4.69, 9.17) is 9.40 Å². The number of likely N-dealkylation sites (tertiary alicyclic amines) is 1. The van der Waals surface area contributed by atoms with Crippen LogP contribution in [0.25, 0.3) is 22.7 Å². The largest absolute Gasteiger partial charge is 0.461 e. The van der Waals surface area contributed by atoms with Crippen molar-refractivity contribution in [2.45, 2.75) is 17.4 Å². The molecule has 1 N–H and O–H groups in total. The van der Waals surface area contributed by atoms with Crippen molar-refractivity contribution in [3.63, 3.8) is 0 Å². The second-order valence-electron chi connectivity index (χ2n) is 7.18. The third-order valence-corrected chi connectivity index (χ3v) is 6.09. The van der Waals surface area contributed by atoms with E-state index in [1.165, 1.54) is 4.90 Å². The van der Waals surface area contributed by atoms with Gasteiger partial charge in [0.2, 0.25) is 0 Å². The van der Waals surface area contributed by atoms with Crippen LogP contribution in [0.1, 0.15) is 12.5 Å². The van der Waals surface area contributed by atoms with Crippen LogP contribution in [-0.4, -0.2) is 44.8 Å². The van der Waals surface area contributed by atoms with Crippen molar-refractivity contribution in [3.05, 3.63) is 61.0 Å². The fourth-order valence-electron chi connectivity index (χ4n) is 3.87. The Balaban J connectivity index is 1.38. The number of pyridine rings is 1. The van der Waals surface area contributed by atoms with Gasteiger partial charge in [-0.15, -0.1) is 11.8 Å². The second kappa shape index (κ2) is 7.87. The third kappa shape index (κ3) is 3.43. The Morgan fingerprint density at radius 2 is 2.07 bits per heavy atom. The van der Waals surface area contributed by atoms with Crippen LogP contribution in [0, 0.1) is 0 Å². The molecule has 0 aliphatic carbocycles. The van der Waals surface area contributed by atoms with Gasteiger partial charge in [-0.1, -0.05) is 0 Å². The average molecular weight is 420 g/mol. The lowest BCUT2D eigenvalue weighted by atomic mass is 10.2. The first-order valence-electron chi connectivity index (χ1n) is 9.80. The van der Waals surface area contributed by atoms with Crippen LogP contribution in [-0.2, 0) is 0 Å². The van der Waals surface area contributed by atoms with E-state index in [2.05, 4.69) is 14.9 Å². The number of hydrogen-bond donors (Lipinski definition) is 1. The summed E-state index contributed by atoms with van der Waals surface area (Å²) in [6.45, 7) is 1.26. The molecule has 8 heteroatoms. The topological polar surface area (TPSA) is 76.2 Å². The Labute approximate surface area is 178 Å². The SMILES string of the molecule is CSc1ccc(NC(=O)N2CCC(n3c(-c4ccco4)nc4cccnc43)C2)cc1. The molecule has 1 unspecified atom stereocenters. The van der Waals surface area contributed by atoms with Crippen molar-refractivity contribution in [2.24, 2.45) is 0 Å². The molecule has 1 atom stereocenters. The fourth-order valence-corrected chi connectivity index (χ4v) is 4.28. The Morgan fingerprint density at radius 1 is 1.20 bits per heavy atom. The highest BCUT2D eigenvalue weighted by Crippen LogP contribution is 2.32. The first-order chi connectivity index (χ1) is 14.7. The van der Waals surface area contributed by atoms with E-state index in [1.807, 2.05) is 59.7 Å². The average Bonchev–Trinajstić information content (AvgIpc) is 3.52. The summed E-state index contributed by atoms with van der Waals surface area (Å²) in [5.74, 6) is 1.44. The number of furan rings is 1. The molecule has 2 amide bonds. The van der Waals surface area contributed by atoms with Crippen molar-refractivity contribution >= 4 is 34.6 Å². The van der Waals surface area contributed by atoms with Gasteiger partial charge in [0.1, 0.15) is 5.52 Å². The first kappa shape index (κ1) is 18.7. The first-order valence-corrected chi connectivity index (χ1v) is 11.0. The van der Waals surface area contributed by atoms with Gasteiger partial charge in [0.25, 0.3) is 0 Å². The van der Waals surface area contributed by atoms with Crippen molar-refractivity contribution in [2.75, 3.05) is 24.7 Å². The van der Waals surface area contributed by atoms with Crippen molar-refractivity contribution in [1.82, 2.24) is 19.4 Å². The lowest BCUT2D eigenvalue weighted by Crippen LogP contribution is -2.33. The Bertz CT molecular complexity index is 1170. The number of anilines is 1. The molecule has 4 aromatic rings. The Morgan fingerprint density at radius 3 is 2.83 bits per heavy atom. The molecule has 1 saturated heterocycles. The normalized spacial score (nSPS) is 16.3. The molecule has 0 radical (unpaired) electrons. The highest BCUT2D eigenvalue weighted by Gasteiger charge is 2.31. The maximum absolute atomic E-state index is 12.8. The molecule has 1 fully saturated rings. The van der Waals surface area contributed by atoms with E-state index in [0.29, 0.717) is 18.8 Å². The molecule has 30 heavy (non-hydrogen) atoms. The minimum absolute atomic E-state index is 0.0783. The van der Waals surface area contributed by atoms with E-state index in [-0.39, 0.29) is 12.1 Å². The van der Waals surface area contributed by atoms with Gasteiger partial charge in [-0.3, -0.25) is 0 Å². The van der Waals surface area contributed by atoms with Crippen LogP contribution in [0.5, 0.6) is 0 Å². The number of nitrogens with one attached hydrogen (secondary N) is 1. The van der Waals surface area contributed by atoms with E-state index in [1.54, 1.807) is 24.2 Å². The lowest BCUT2D eigenvalue weighted by molar-refractivity contribution is 0.221. The van der Waals surface area contributed by atoms with Crippen LogP contribution in [0.2, 0.25) is 0 Å². The number of thioether (sulfide) groups is 1. The van der Waals surface area contributed by atoms with Crippen LogP contribution < -0.4 is 5.32 Å². The molecule has 4 heterocycles. The summed E-state index contributed by atoms with van der Waals surface area (Å²) < 4.78 is 7.72. The number of benzene rings is 1. The van der Waals surface area contributed by atoms with Gasteiger partial charge in [0.05, 0.1) is 12.3 Å². The number of hydrogen-bond acceptors (Lipinski definition) is 5. The van der Waals surface area contributed by atoms with Crippen LogP contribution in [0.4, 0.5) is 10.5 Å². The van der Waals surface area contributed by atoms with E-state index >= 15 is 0 Å². The maximum Gasteiger partial charge on any atom is 0.321 e. The fraction of sp³-hybridized carbons (Fsp3) is 0.227. The summed E-state index contributed by atoms with van der Waals surface area (Å²) in [6.07, 6.45) is 6.27. The minimum atomic E-state index is -0.0914. The molecule has 1 aliphatic rings. The van der Waals surface area contributed by atoms with Gasteiger partial charge in [-0.25, -0.2) is 14.8 Å². The lowest BCUT2D eigenvalue weighted by Gasteiger charge is -2.19. The molecule has 3 aromatic heterocycles. The monoisotopic (exact) mass is 419 g/mol. The van der Waals surface area contributed by atoms with Gasteiger partial charge >= 0.3 is 6.03 Å². The van der Waals surface area contributed by atoms with Gasteiger partial charge in [0.15, 0.2) is 17.2 Å². The number of urea groups is 1. The molecule has 0 bridgehead atoms. The number of carbonyl (C=O) groups is 1. The smallest absolute Gasteiger partial charge is 0.321 e. The van der Waals surface area contributed by atoms with Gasteiger partial charge in [-0.2, -0.15) is 0 Å². The van der Waals surface area contributed by atoms with Gasteiger partial charge in [-0.05, 0) is 61.2 Å². The maximum atomic E-state index is 12.8. The molecular weight excluding hydrogens is 398 g/mol.